The number of rotatable bonds is 7. The zero-order chi connectivity index (χ0) is 25.2. The molecule has 1 aliphatic rings. The van der Waals surface area contributed by atoms with Gasteiger partial charge in [-0.25, -0.2) is 13.1 Å². The third kappa shape index (κ3) is 5.67. The summed E-state index contributed by atoms with van der Waals surface area (Å²) in [4.78, 5) is 12.8. The summed E-state index contributed by atoms with van der Waals surface area (Å²) in [5.74, 6) is 0.0901. The lowest BCUT2D eigenvalue weighted by Gasteiger charge is -2.42. The number of amides is 1. The standard InChI is InChI=1S/C26H27ClN2O5S/c1-26(2)24(30)23(29-35(32,33)20-11-9-19(27)10-12-20)21-16-18(8-13-22(21)34-26)25(31)28-15-14-17-6-4-3-5-7-17/h3-13,16,23-24,29-30H,14-15H2,1-2H3,(H,28,31). The van der Waals surface area contributed by atoms with Gasteiger partial charge in [0.05, 0.1) is 10.9 Å². The molecular formula is C26H27ClN2O5S. The van der Waals surface area contributed by atoms with Gasteiger partial charge in [-0.2, -0.15) is 0 Å². The summed E-state index contributed by atoms with van der Waals surface area (Å²) < 4.78 is 34.7. The van der Waals surface area contributed by atoms with Gasteiger partial charge >= 0.3 is 0 Å². The molecule has 4 rings (SSSR count). The summed E-state index contributed by atoms with van der Waals surface area (Å²) in [6.07, 6.45) is -0.537. The summed E-state index contributed by atoms with van der Waals surface area (Å²) in [6.45, 7) is 3.79. The topological polar surface area (TPSA) is 105 Å². The number of halogens is 1. The Balaban J connectivity index is 1.58. The Bertz CT molecular complexity index is 1310. The molecule has 0 radical (unpaired) electrons. The smallest absolute Gasteiger partial charge is 0.251 e. The molecule has 7 nitrogen and oxygen atoms in total. The van der Waals surface area contributed by atoms with E-state index in [1.807, 2.05) is 30.3 Å². The highest BCUT2D eigenvalue weighted by atomic mass is 35.5. The molecule has 0 aliphatic carbocycles. The molecule has 1 heterocycles. The van der Waals surface area contributed by atoms with Crippen LogP contribution in [0.2, 0.25) is 5.02 Å². The van der Waals surface area contributed by atoms with Crippen LogP contribution in [0.5, 0.6) is 5.75 Å². The van der Waals surface area contributed by atoms with Crippen molar-refractivity contribution in [1.29, 1.82) is 0 Å². The molecule has 0 aromatic heterocycles. The van der Waals surface area contributed by atoms with Crippen LogP contribution in [0.1, 0.15) is 41.4 Å². The first-order valence-electron chi connectivity index (χ1n) is 11.2. The van der Waals surface area contributed by atoms with E-state index in [4.69, 9.17) is 16.3 Å². The van der Waals surface area contributed by atoms with E-state index in [0.717, 1.165) is 5.56 Å². The molecule has 3 aromatic rings. The van der Waals surface area contributed by atoms with Crippen LogP contribution in [0.3, 0.4) is 0 Å². The summed E-state index contributed by atoms with van der Waals surface area (Å²) in [5.41, 5.74) is 0.751. The Morgan fingerprint density at radius 2 is 1.74 bits per heavy atom. The van der Waals surface area contributed by atoms with Gasteiger partial charge in [0.2, 0.25) is 10.0 Å². The van der Waals surface area contributed by atoms with Gasteiger partial charge in [0.15, 0.2) is 0 Å². The van der Waals surface area contributed by atoms with Crippen LogP contribution in [0, 0.1) is 0 Å². The molecule has 184 valence electrons. The first-order valence-corrected chi connectivity index (χ1v) is 13.0. The lowest BCUT2D eigenvalue weighted by Crippen LogP contribution is -2.53. The Kier molecular flexibility index (Phi) is 7.19. The minimum Gasteiger partial charge on any atom is -0.485 e. The van der Waals surface area contributed by atoms with Crippen molar-refractivity contribution in [2.24, 2.45) is 0 Å². The van der Waals surface area contributed by atoms with Crippen LogP contribution < -0.4 is 14.8 Å². The highest BCUT2D eigenvalue weighted by molar-refractivity contribution is 7.89. The minimum absolute atomic E-state index is 0.00903. The minimum atomic E-state index is -4.01. The molecule has 3 aromatic carbocycles. The van der Waals surface area contributed by atoms with Crippen molar-refractivity contribution < 1.29 is 23.1 Å². The van der Waals surface area contributed by atoms with Crippen molar-refractivity contribution in [2.75, 3.05) is 6.54 Å². The highest BCUT2D eigenvalue weighted by Crippen LogP contribution is 2.41. The van der Waals surface area contributed by atoms with Crippen LogP contribution in [-0.2, 0) is 16.4 Å². The maximum atomic E-state index is 13.1. The molecule has 0 bridgehead atoms. The molecule has 0 saturated carbocycles. The number of aliphatic hydroxyl groups is 1. The van der Waals surface area contributed by atoms with Crippen molar-refractivity contribution in [3.05, 3.63) is 94.5 Å². The van der Waals surface area contributed by atoms with Crippen LogP contribution >= 0.6 is 11.6 Å². The van der Waals surface area contributed by atoms with E-state index in [1.165, 1.54) is 24.3 Å². The number of nitrogens with one attached hydrogen (secondary N) is 2. The average Bonchev–Trinajstić information content (AvgIpc) is 2.82. The van der Waals surface area contributed by atoms with E-state index in [9.17, 15) is 18.3 Å². The monoisotopic (exact) mass is 514 g/mol. The number of hydrogen-bond acceptors (Lipinski definition) is 5. The number of carbonyl (C=O) groups excluding carboxylic acids is 1. The highest BCUT2D eigenvalue weighted by Gasteiger charge is 2.44. The Morgan fingerprint density at radius 1 is 1.06 bits per heavy atom. The van der Waals surface area contributed by atoms with E-state index >= 15 is 0 Å². The largest absolute Gasteiger partial charge is 0.485 e. The van der Waals surface area contributed by atoms with Gasteiger partial charge in [0, 0.05) is 22.7 Å². The van der Waals surface area contributed by atoms with Gasteiger partial charge < -0.3 is 15.2 Å². The van der Waals surface area contributed by atoms with Gasteiger partial charge in [0.25, 0.3) is 5.91 Å². The first kappa shape index (κ1) is 25.2. The second-order valence-electron chi connectivity index (χ2n) is 8.95. The van der Waals surface area contributed by atoms with Crippen molar-refractivity contribution >= 4 is 27.5 Å². The Labute approximate surface area is 210 Å². The third-order valence-electron chi connectivity index (χ3n) is 5.96. The Hall–Kier alpha value is -2.91. The van der Waals surface area contributed by atoms with Gasteiger partial charge in [0.1, 0.15) is 17.5 Å². The molecule has 35 heavy (non-hydrogen) atoms. The molecule has 2 atom stereocenters. The zero-order valence-electron chi connectivity index (χ0n) is 19.4. The number of ether oxygens (including phenoxy) is 1. The molecular weight excluding hydrogens is 488 g/mol. The molecule has 0 fully saturated rings. The van der Waals surface area contributed by atoms with Gasteiger partial charge in [-0.05, 0) is 68.3 Å². The predicted octanol–water partition coefficient (Wildman–Crippen LogP) is 3.86. The molecule has 9 heteroatoms. The quantitative estimate of drug-likeness (QED) is 0.444. The number of carbonyl (C=O) groups is 1. The predicted molar refractivity (Wildman–Crippen MR) is 134 cm³/mol. The molecule has 3 N–H and O–H groups in total. The lowest BCUT2D eigenvalue weighted by molar-refractivity contribution is -0.0603. The zero-order valence-corrected chi connectivity index (χ0v) is 20.9. The van der Waals surface area contributed by atoms with E-state index < -0.39 is 27.8 Å². The average molecular weight is 515 g/mol. The normalized spacial score (nSPS) is 18.9. The maximum absolute atomic E-state index is 13.1. The summed E-state index contributed by atoms with van der Waals surface area (Å²) >= 11 is 5.89. The van der Waals surface area contributed by atoms with Crippen molar-refractivity contribution in [1.82, 2.24) is 10.0 Å². The molecule has 1 amide bonds. The number of fused-ring (bicyclic) bond motifs is 1. The van der Waals surface area contributed by atoms with Gasteiger partial charge in [-0.15, -0.1) is 0 Å². The van der Waals surface area contributed by atoms with Crippen LogP contribution in [0.4, 0.5) is 0 Å². The maximum Gasteiger partial charge on any atom is 0.251 e. The number of hydrogen-bond donors (Lipinski definition) is 3. The fourth-order valence-electron chi connectivity index (χ4n) is 3.98. The van der Waals surface area contributed by atoms with Crippen LogP contribution in [0.15, 0.2) is 77.7 Å². The molecule has 0 spiro atoms. The number of sulfonamides is 1. The van der Waals surface area contributed by atoms with Crippen molar-refractivity contribution in [3.63, 3.8) is 0 Å². The van der Waals surface area contributed by atoms with E-state index in [1.54, 1.807) is 32.0 Å². The van der Waals surface area contributed by atoms with Gasteiger partial charge in [-0.1, -0.05) is 41.9 Å². The lowest BCUT2D eigenvalue weighted by atomic mass is 9.86. The fourth-order valence-corrected chi connectivity index (χ4v) is 5.33. The SMILES string of the molecule is CC1(C)Oc2ccc(C(=O)NCCc3ccccc3)cc2C(NS(=O)(=O)c2ccc(Cl)cc2)C1O. The molecule has 2 unspecified atom stereocenters. The summed E-state index contributed by atoms with van der Waals surface area (Å²) in [7, 11) is -4.01. The van der Waals surface area contributed by atoms with Crippen LogP contribution in [-0.4, -0.2) is 37.7 Å². The van der Waals surface area contributed by atoms with E-state index in [2.05, 4.69) is 10.0 Å². The van der Waals surface area contributed by atoms with Gasteiger partial charge in [-0.3, -0.25) is 4.79 Å². The second-order valence-corrected chi connectivity index (χ2v) is 11.1. The van der Waals surface area contributed by atoms with Crippen molar-refractivity contribution in [3.8, 4) is 5.75 Å². The molecule has 0 saturated heterocycles. The number of aliphatic hydroxyl groups excluding tert-OH is 1. The second kappa shape index (κ2) is 9.99. The summed E-state index contributed by atoms with van der Waals surface area (Å²) in [5, 5.41) is 14.3. The van der Waals surface area contributed by atoms with E-state index in [0.29, 0.717) is 34.9 Å². The summed E-state index contributed by atoms with van der Waals surface area (Å²) in [6, 6.07) is 19.3. The Morgan fingerprint density at radius 3 is 2.43 bits per heavy atom. The van der Waals surface area contributed by atoms with Crippen LogP contribution in [0.25, 0.3) is 0 Å². The molecule has 1 aliphatic heterocycles. The third-order valence-corrected chi connectivity index (χ3v) is 7.67. The van der Waals surface area contributed by atoms with E-state index in [-0.39, 0.29) is 10.8 Å². The number of benzene rings is 3. The first-order chi connectivity index (χ1) is 16.6. The van der Waals surface area contributed by atoms with Crippen molar-refractivity contribution in [2.45, 2.75) is 42.9 Å². The fraction of sp³-hybridized carbons (Fsp3) is 0.269.